The Morgan fingerprint density at radius 1 is 1.07 bits per heavy atom. The highest BCUT2D eigenvalue weighted by Crippen LogP contribution is 2.30. The zero-order valence-corrected chi connectivity index (χ0v) is 15.2. The van der Waals surface area contributed by atoms with E-state index in [2.05, 4.69) is 16.0 Å². The summed E-state index contributed by atoms with van der Waals surface area (Å²) in [6.45, 7) is 1.51. The minimum absolute atomic E-state index is 0.0385. The number of hydrogen-bond acceptors (Lipinski definition) is 5. The monoisotopic (exact) mass is 370 g/mol. The first-order chi connectivity index (χ1) is 13.1. The highest BCUT2D eigenvalue weighted by Gasteiger charge is 2.19. The van der Waals surface area contributed by atoms with Gasteiger partial charge >= 0.3 is 6.03 Å². The van der Waals surface area contributed by atoms with Crippen molar-refractivity contribution < 1.29 is 19.1 Å². The number of urea groups is 1. The summed E-state index contributed by atoms with van der Waals surface area (Å²) in [5.74, 6) is 1.08. The minimum atomic E-state index is -0.410. The molecule has 8 nitrogen and oxygen atoms in total. The lowest BCUT2D eigenvalue weighted by Gasteiger charge is -2.30. The summed E-state index contributed by atoms with van der Waals surface area (Å²) in [6, 6.07) is 12.1. The van der Waals surface area contributed by atoms with Crippen LogP contribution in [0.4, 0.5) is 21.9 Å². The number of para-hydroxylation sites is 2. The molecule has 0 aliphatic carbocycles. The highest BCUT2D eigenvalue weighted by atomic mass is 16.5. The number of methoxy groups -OCH3 is 2. The van der Waals surface area contributed by atoms with Crippen LogP contribution in [0.5, 0.6) is 11.5 Å². The molecule has 27 heavy (non-hydrogen) atoms. The number of nitrogens with one attached hydrogen (secondary N) is 3. The summed E-state index contributed by atoms with van der Waals surface area (Å²) in [5.41, 5.74) is 1.94. The van der Waals surface area contributed by atoms with Gasteiger partial charge in [0.2, 0.25) is 5.91 Å². The van der Waals surface area contributed by atoms with E-state index >= 15 is 0 Å². The molecule has 3 amide bonds. The van der Waals surface area contributed by atoms with Crippen LogP contribution in [-0.4, -0.2) is 45.8 Å². The van der Waals surface area contributed by atoms with Crippen LogP contribution in [0.15, 0.2) is 42.5 Å². The van der Waals surface area contributed by atoms with Crippen molar-refractivity contribution in [2.75, 3.05) is 49.4 Å². The smallest absolute Gasteiger partial charge is 0.323 e. The van der Waals surface area contributed by atoms with E-state index < -0.39 is 6.03 Å². The van der Waals surface area contributed by atoms with E-state index in [1.165, 1.54) is 7.11 Å². The molecule has 3 N–H and O–H groups in total. The number of hydrogen-bond donors (Lipinski definition) is 3. The van der Waals surface area contributed by atoms with Gasteiger partial charge in [0.1, 0.15) is 11.5 Å². The molecule has 1 aliphatic heterocycles. The molecule has 3 rings (SSSR count). The molecule has 0 saturated carbocycles. The number of carbonyl (C=O) groups is 2. The molecule has 0 atom stereocenters. The number of rotatable bonds is 5. The van der Waals surface area contributed by atoms with E-state index in [1.54, 1.807) is 31.4 Å². The quantitative estimate of drug-likeness (QED) is 0.751. The van der Waals surface area contributed by atoms with Crippen molar-refractivity contribution in [1.29, 1.82) is 0 Å². The molecule has 0 bridgehead atoms. The van der Waals surface area contributed by atoms with E-state index in [1.807, 2.05) is 23.1 Å². The Balaban J connectivity index is 1.74. The Morgan fingerprint density at radius 3 is 2.59 bits per heavy atom. The second kappa shape index (κ2) is 8.31. The van der Waals surface area contributed by atoms with Crippen LogP contribution in [-0.2, 0) is 4.79 Å². The number of nitrogens with zero attached hydrogens (tertiary/aromatic N) is 1. The van der Waals surface area contributed by atoms with Crippen molar-refractivity contribution in [3.05, 3.63) is 42.5 Å². The van der Waals surface area contributed by atoms with Gasteiger partial charge in [-0.3, -0.25) is 4.79 Å². The van der Waals surface area contributed by atoms with Crippen LogP contribution < -0.4 is 30.3 Å². The van der Waals surface area contributed by atoms with Crippen LogP contribution in [0.3, 0.4) is 0 Å². The molecule has 2 aromatic carbocycles. The van der Waals surface area contributed by atoms with Gasteiger partial charge in [-0.25, -0.2) is 4.79 Å². The summed E-state index contributed by atoms with van der Waals surface area (Å²) < 4.78 is 10.5. The van der Waals surface area contributed by atoms with Crippen molar-refractivity contribution in [2.24, 2.45) is 0 Å². The molecule has 0 spiro atoms. The molecule has 0 aromatic heterocycles. The maximum atomic E-state index is 12.5. The van der Waals surface area contributed by atoms with Crippen LogP contribution >= 0.6 is 0 Å². The largest absolute Gasteiger partial charge is 0.497 e. The van der Waals surface area contributed by atoms with Gasteiger partial charge in [0, 0.05) is 19.2 Å². The summed E-state index contributed by atoms with van der Waals surface area (Å²) in [5, 5.41) is 8.40. The number of ether oxygens (including phenoxy) is 2. The SMILES string of the molecule is COc1ccc(NC(=O)Nc2ccccc2N2CCNC(=O)C2)c(OC)c1. The van der Waals surface area contributed by atoms with E-state index in [4.69, 9.17) is 9.47 Å². The maximum Gasteiger partial charge on any atom is 0.323 e. The second-order valence-corrected chi connectivity index (χ2v) is 5.93. The molecular weight excluding hydrogens is 348 g/mol. The van der Waals surface area contributed by atoms with Crippen molar-refractivity contribution in [2.45, 2.75) is 0 Å². The van der Waals surface area contributed by atoms with E-state index in [9.17, 15) is 9.59 Å². The van der Waals surface area contributed by atoms with E-state index in [0.29, 0.717) is 36.0 Å². The normalized spacial score (nSPS) is 13.6. The molecule has 1 saturated heterocycles. The van der Waals surface area contributed by atoms with Gasteiger partial charge in [-0.15, -0.1) is 0 Å². The Morgan fingerprint density at radius 2 is 1.85 bits per heavy atom. The van der Waals surface area contributed by atoms with Gasteiger partial charge < -0.3 is 30.3 Å². The third-order valence-corrected chi connectivity index (χ3v) is 4.19. The molecule has 0 unspecified atom stereocenters. The summed E-state index contributed by atoms with van der Waals surface area (Å²) in [4.78, 5) is 26.1. The fraction of sp³-hybridized carbons (Fsp3) is 0.263. The van der Waals surface area contributed by atoms with Crippen LogP contribution in [0.2, 0.25) is 0 Å². The Bertz CT molecular complexity index is 840. The molecule has 0 radical (unpaired) electrons. The second-order valence-electron chi connectivity index (χ2n) is 5.93. The lowest BCUT2D eigenvalue weighted by atomic mass is 10.2. The number of anilines is 3. The molecular formula is C19H22N4O4. The molecule has 8 heteroatoms. The predicted molar refractivity (Wildman–Crippen MR) is 104 cm³/mol. The number of amides is 3. The van der Waals surface area contributed by atoms with Crippen LogP contribution in [0.25, 0.3) is 0 Å². The number of carbonyl (C=O) groups excluding carboxylic acids is 2. The minimum Gasteiger partial charge on any atom is -0.497 e. The molecule has 2 aromatic rings. The zero-order chi connectivity index (χ0) is 19.2. The third kappa shape index (κ3) is 4.41. The van der Waals surface area contributed by atoms with E-state index in [-0.39, 0.29) is 12.5 Å². The van der Waals surface area contributed by atoms with Crippen molar-refractivity contribution in [3.63, 3.8) is 0 Å². The predicted octanol–water partition coefficient (Wildman–Crippen LogP) is 2.28. The topological polar surface area (TPSA) is 91.9 Å². The van der Waals surface area contributed by atoms with Gasteiger partial charge in [0.05, 0.1) is 37.8 Å². The first-order valence-corrected chi connectivity index (χ1v) is 8.51. The average Bonchev–Trinajstić information content (AvgIpc) is 2.68. The van der Waals surface area contributed by atoms with Gasteiger partial charge in [-0.1, -0.05) is 12.1 Å². The lowest BCUT2D eigenvalue weighted by Crippen LogP contribution is -2.48. The summed E-state index contributed by atoms with van der Waals surface area (Å²) >= 11 is 0. The maximum absolute atomic E-state index is 12.5. The summed E-state index contributed by atoms with van der Waals surface area (Å²) in [7, 11) is 3.08. The van der Waals surface area contributed by atoms with Crippen molar-refractivity contribution in [3.8, 4) is 11.5 Å². The highest BCUT2D eigenvalue weighted by molar-refractivity contribution is 6.03. The first-order valence-electron chi connectivity index (χ1n) is 8.51. The fourth-order valence-corrected chi connectivity index (χ4v) is 2.88. The number of piperazine rings is 1. The Kier molecular flexibility index (Phi) is 5.65. The average molecular weight is 370 g/mol. The Hall–Kier alpha value is -3.42. The van der Waals surface area contributed by atoms with Crippen molar-refractivity contribution in [1.82, 2.24) is 5.32 Å². The first kappa shape index (κ1) is 18.4. The standard InChI is InChI=1S/C19H22N4O4/c1-26-13-7-8-15(17(11-13)27-2)22-19(25)21-14-5-3-4-6-16(14)23-10-9-20-18(24)12-23/h3-8,11H,9-10,12H2,1-2H3,(H,20,24)(H2,21,22,25). The van der Waals surface area contributed by atoms with Gasteiger partial charge in [0.25, 0.3) is 0 Å². The van der Waals surface area contributed by atoms with Crippen LogP contribution in [0.1, 0.15) is 0 Å². The van der Waals surface area contributed by atoms with Crippen LogP contribution in [0, 0.1) is 0 Å². The molecule has 142 valence electrons. The Labute approximate surface area is 157 Å². The van der Waals surface area contributed by atoms with Gasteiger partial charge in [-0.05, 0) is 24.3 Å². The third-order valence-electron chi connectivity index (χ3n) is 4.19. The van der Waals surface area contributed by atoms with Gasteiger partial charge in [-0.2, -0.15) is 0 Å². The zero-order valence-electron chi connectivity index (χ0n) is 15.2. The van der Waals surface area contributed by atoms with Gasteiger partial charge in [0.15, 0.2) is 0 Å². The lowest BCUT2D eigenvalue weighted by molar-refractivity contribution is -0.120. The molecule has 1 fully saturated rings. The van der Waals surface area contributed by atoms with E-state index in [0.717, 1.165) is 5.69 Å². The molecule has 1 aliphatic rings. The molecule has 1 heterocycles. The fourth-order valence-electron chi connectivity index (χ4n) is 2.88. The summed E-state index contributed by atoms with van der Waals surface area (Å²) in [6.07, 6.45) is 0. The van der Waals surface area contributed by atoms with Crippen molar-refractivity contribution >= 4 is 29.0 Å². The number of benzene rings is 2.